The highest BCUT2D eigenvalue weighted by atomic mass is 19.2. The third kappa shape index (κ3) is 8.06. The highest BCUT2D eigenvalue weighted by Gasteiger charge is 2.30. The summed E-state index contributed by atoms with van der Waals surface area (Å²) in [4.78, 5) is 23.8. The first kappa shape index (κ1) is 31.9. The lowest BCUT2D eigenvalue weighted by Crippen LogP contribution is -2.29. The van der Waals surface area contributed by atoms with Crippen molar-refractivity contribution in [2.45, 2.75) is 12.3 Å². The largest absolute Gasteiger partial charge is 0.449 e. The van der Waals surface area contributed by atoms with Gasteiger partial charge in [0.1, 0.15) is 6.61 Å². The van der Waals surface area contributed by atoms with Crippen molar-refractivity contribution in [2.24, 2.45) is 0 Å². The quantitative estimate of drug-likeness (QED) is 0.0627. The van der Waals surface area contributed by atoms with Gasteiger partial charge in [-0.2, -0.15) is 8.78 Å². The van der Waals surface area contributed by atoms with Crippen LogP contribution in [0.15, 0.2) is 48.5 Å². The van der Waals surface area contributed by atoms with Gasteiger partial charge in [-0.25, -0.2) is 18.0 Å². The van der Waals surface area contributed by atoms with Gasteiger partial charge >= 0.3 is 12.1 Å². The Morgan fingerprint density at radius 2 is 1.14 bits per heavy atom. The molecule has 3 aromatic rings. The molecule has 1 amide bonds. The average Bonchev–Trinajstić information content (AvgIpc) is 3.34. The molecule has 1 N–H and O–H groups in total. The molecule has 0 bridgehead atoms. The van der Waals surface area contributed by atoms with E-state index in [0.717, 1.165) is 22.3 Å². The minimum Gasteiger partial charge on any atom is -0.449 e. The third-order valence-corrected chi connectivity index (χ3v) is 6.44. The van der Waals surface area contributed by atoms with Crippen LogP contribution in [0.5, 0.6) is 5.75 Å². The molecule has 0 unspecified atom stereocenters. The van der Waals surface area contributed by atoms with E-state index in [1.165, 1.54) is 0 Å². The normalized spacial score (nSPS) is 12.1. The van der Waals surface area contributed by atoms with E-state index in [2.05, 4.69) is 22.2 Å². The summed E-state index contributed by atoms with van der Waals surface area (Å²) in [6.07, 6.45) is -1.05. The zero-order valence-corrected chi connectivity index (χ0v) is 22.8. The number of carbonyl (C=O) groups is 2. The van der Waals surface area contributed by atoms with Crippen LogP contribution in [-0.2, 0) is 23.7 Å². The zero-order chi connectivity index (χ0) is 30.8. The molecule has 230 valence electrons. The number of amides is 1. The number of alkyl carbamates (subject to hydrolysis) is 1. The van der Waals surface area contributed by atoms with E-state index in [1.54, 1.807) is 0 Å². The summed E-state index contributed by atoms with van der Waals surface area (Å²) in [5, 5.41) is 2.64. The number of hydrogen-bond acceptors (Lipinski definition) is 7. The summed E-state index contributed by atoms with van der Waals surface area (Å²) in [7, 11) is 0. The lowest BCUT2D eigenvalue weighted by Gasteiger charge is -2.14. The van der Waals surface area contributed by atoms with Crippen molar-refractivity contribution in [3.8, 4) is 16.9 Å². The van der Waals surface area contributed by atoms with Crippen LogP contribution in [-0.4, -0.2) is 64.9 Å². The van der Waals surface area contributed by atoms with Crippen molar-refractivity contribution in [1.29, 1.82) is 0 Å². The smallest absolute Gasteiger partial charge is 0.407 e. The molecule has 3 aromatic carbocycles. The number of halogens is 5. The van der Waals surface area contributed by atoms with Crippen molar-refractivity contribution < 1.29 is 55.2 Å². The molecule has 4 rings (SSSR count). The summed E-state index contributed by atoms with van der Waals surface area (Å²) in [6, 6.07) is 16.1. The Balaban J connectivity index is 1.000. The van der Waals surface area contributed by atoms with Gasteiger partial charge in [-0.3, -0.25) is 4.79 Å². The van der Waals surface area contributed by atoms with Crippen LogP contribution in [0.1, 0.15) is 23.5 Å². The Morgan fingerprint density at radius 3 is 1.72 bits per heavy atom. The van der Waals surface area contributed by atoms with Crippen LogP contribution in [0.2, 0.25) is 0 Å². The lowest BCUT2D eigenvalue weighted by molar-refractivity contribution is -0.136. The topological polar surface area (TPSA) is 92.3 Å². The summed E-state index contributed by atoms with van der Waals surface area (Å²) in [5.41, 5.74) is 4.54. The minimum absolute atomic E-state index is 0.0307. The number of hydrogen-bond donors (Lipinski definition) is 1. The molecule has 8 nitrogen and oxygen atoms in total. The minimum atomic E-state index is -2.35. The molecule has 1 aliphatic rings. The predicted molar refractivity (Wildman–Crippen MR) is 142 cm³/mol. The van der Waals surface area contributed by atoms with Crippen LogP contribution in [0.3, 0.4) is 0 Å². The van der Waals surface area contributed by atoms with Gasteiger partial charge in [0, 0.05) is 12.5 Å². The average molecular weight is 610 g/mol. The van der Waals surface area contributed by atoms with E-state index < -0.39 is 53.3 Å². The standard InChI is InChI=1S/C30H28F5NO7/c31-24-25(32)27(34)29(28(35)26(24)33)43-23(37)9-11-39-13-15-41-16-14-40-12-10-36-30(38)42-17-22-20-7-3-1-5-18(20)19-6-2-4-8-21(19)22/h1-8,22H,9-17H2,(H,36,38). The van der Waals surface area contributed by atoms with Crippen LogP contribution in [0.4, 0.5) is 26.7 Å². The van der Waals surface area contributed by atoms with Crippen molar-refractivity contribution in [1.82, 2.24) is 5.32 Å². The van der Waals surface area contributed by atoms with Gasteiger partial charge in [0.15, 0.2) is 0 Å². The third-order valence-electron chi connectivity index (χ3n) is 6.44. The Morgan fingerprint density at radius 1 is 0.651 bits per heavy atom. The van der Waals surface area contributed by atoms with Crippen LogP contribution < -0.4 is 10.1 Å². The molecule has 0 spiro atoms. The van der Waals surface area contributed by atoms with E-state index in [9.17, 15) is 31.5 Å². The molecule has 1 aliphatic carbocycles. The van der Waals surface area contributed by atoms with Gasteiger partial charge in [0.25, 0.3) is 0 Å². The van der Waals surface area contributed by atoms with Crippen molar-refractivity contribution in [3.05, 3.63) is 88.7 Å². The predicted octanol–water partition coefficient (Wildman–Crippen LogP) is 5.27. The van der Waals surface area contributed by atoms with Gasteiger partial charge in [-0.1, -0.05) is 48.5 Å². The van der Waals surface area contributed by atoms with E-state index in [0.29, 0.717) is 0 Å². The van der Waals surface area contributed by atoms with E-state index in [-0.39, 0.29) is 58.7 Å². The second-order valence-electron chi connectivity index (χ2n) is 9.21. The SMILES string of the molecule is O=C(CCOCCOCCOCCNC(=O)OCC1c2ccccc2-c2ccccc21)Oc1c(F)c(F)c(F)c(F)c1F. The molecular formula is C30H28F5NO7. The molecule has 0 radical (unpaired) electrons. The number of rotatable bonds is 15. The molecule has 0 atom stereocenters. The number of carbonyl (C=O) groups excluding carboxylic acids is 2. The number of nitrogens with one attached hydrogen (secondary N) is 1. The van der Waals surface area contributed by atoms with Crippen molar-refractivity contribution in [2.75, 3.05) is 52.8 Å². The molecule has 0 saturated heterocycles. The Hall–Kier alpha value is -4.07. The van der Waals surface area contributed by atoms with Gasteiger partial charge in [-0.15, -0.1) is 0 Å². The molecule has 0 heterocycles. The first-order valence-corrected chi connectivity index (χ1v) is 13.3. The van der Waals surface area contributed by atoms with E-state index in [1.807, 2.05) is 36.4 Å². The fourth-order valence-electron chi connectivity index (χ4n) is 4.41. The molecule has 0 aromatic heterocycles. The monoisotopic (exact) mass is 609 g/mol. The van der Waals surface area contributed by atoms with E-state index >= 15 is 0 Å². The van der Waals surface area contributed by atoms with Crippen LogP contribution in [0, 0.1) is 29.1 Å². The summed E-state index contributed by atoms with van der Waals surface area (Å²) in [6.45, 7) is 1.08. The van der Waals surface area contributed by atoms with E-state index in [4.69, 9.17) is 18.9 Å². The maximum atomic E-state index is 13.5. The van der Waals surface area contributed by atoms with Gasteiger partial charge < -0.3 is 29.0 Å². The van der Waals surface area contributed by atoms with Crippen LogP contribution in [0.25, 0.3) is 11.1 Å². The molecular weight excluding hydrogens is 581 g/mol. The fourth-order valence-corrected chi connectivity index (χ4v) is 4.41. The van der Waals surface area contributed by atoms with Gasteiger partial charge in [0.2, 0.25) is 34.8 Å². The number of fused-ring (bicyclic) bond motifs is 3. The molecule has 0 saturated carbocycles. The van der Waals surface area contributed by atoms with Crippen molar-refractivity contribution in [3.63, 3.8) is 0 Å². The first-order valence-electron chi connectivity index (χ1n) is 13.3. The maximum Gasteiger partial charge on any atom is 0.407 e. The van der Waals surface area contributed by atoms with Crippen LogP contribution >= 0.6 is 0 Å². The summed E-state index contributed by atoms with van der Waals surface area (Å²) >= 11 is 0. The summed E-state index contributed by atoms with van der Waals surface area (Å²) < 4.78 is 91.9. The Bertz CT molecular complexity index is 1360. The molecule has 0 fully saturated rings. The molecule has 0 aliphatic heterocycles. The number of benzene rings is 3. The Labute approximate surface area is 243 Å². The highest BCUT2D eigenvalue weighted by molar-refractivity contribution is 5.79. The first-order chi connectivity index (χ1) is 20.8. The molecule has 43 heavy (non-hydrogen) atoms. The number of esters is 1. The Kier molecular flexibility index (Phi) is 11.4. The van der Waals surface area contributed by atoms with Gasteiger partial charge in [0.05, 0.1) is 46.1 Å². The number of ether oxygens (including phenoxy) is 5. The molecule has 13 heteroatoms. The summed E-state index contributed by atoms with van der Waals surface area (Å²) in [5.74, 6) is -14.2. The highest BCUT2D eigenvalue weighted by Crippen LogP contribution is 2.44. The maximum absolute atomic E-state index is 13.5. The second-order valence-corrected chi connectivity index (χ2v) is 9.21. The van der Waals surface area contributed by atoms with Crippen molar-refractivity contribution >= 4 is 12.1 Å². The van der Waals surface area contributed by atoms with Gasteiger partial charge in [-0.05, 0) is 22.3 Å². The lowest BCUT2D eigenvalue weighted by atomic mass is 9.98. The second kappa shape index (κ2) is 15.4. The zero-order valence-electron chi connectivity index (χ0n) is 22.8. The fraction of sp³-hybridized carbons (Fsp3) is 0.333.